The van der Waals surface area contributed by atoms with Crippen molar-refractivity contribution in [2.24, 2.45) is 11.7 Å². The van der Waals surface area contributed by atoms with Crippen LogP contribution in [0.4, 0.5) is 13.2 Å². The quantitative estimate of drug-likeness (QED) is 0.706. The number of hydrogen-bond donors (Lipinski definition) is 2. The third-order valence-electron chi connectivity index (χ3n) is 2.49. The lowest BCUT2D eigenvalue weighted by atomic mass is 10.1. The van der Waals surface area contributed by atoms with Gasteiger partial charge in [-0.3, -0.25) is 4.79 Å². The molecule has 4 nitrogen and oxygen atoms in total. The van der Waals surface area contributed by atoms with Gasteiger partial charge in [0.05, 0.1) is 12.5 Å². The summed E-state index contributed by atoms with van der Waals surface area (Å²) in [6, 6.07) is -0.286. The summed E-state index contributed by atoms with van der Waals surface area (Å²) in [7, 11) is 0. The van der Waals surface area contributed by atoms with Crippen LogP contribution in [0.25, 0.3) is 0 Å². The van der Waals surface area contributed by atoms with Crippen LogP contribution in [-0.4, -0.2) is 47.8 Å². The Labute approximate surface area is 96.9 Å². The van der Waals surface area contributed by atoms with E-state index < -0.39 is 31.2 Å². The van der Waals surface area contributed by atoms with E-state index in [-0.39, 0.29) is 12.6 Å². The molecule has 0 aromatic carbocycles. The summed E-state index contributed by atoms with van der Waals surface area (Å²) in [4.78, 5) is 12.4. The summed E-state index contributed by atoms with van der Waals surface area (Å²) in [6.45, 7) is -2.16. The van der Waals surface area contributed by atoms with Gasteiger partial charge in [-0.1, -0.05) is 12.2 Å². The number of aliphatic hydroxyl groups excluding tert-OH is 1. The number of rotatable bonds is 4. The van der Waals surface area contributed by atoms with Crippen LogP contribution in [0.15, 0.2) is 12.2 Å². The SMILES string of the molecule is NC1C=CC(C(=O)N(CCO)CC(F)(F)F)C1. The molecule has 0 aromatic rings. The molecule has 2 atom stereocenters. The van der Waals surface area contributed by atoms with Gasteiger partial charge in [-0.2, -0.15) is 13.2 Å². The molecule has 1 amide bonds. The van der Waals surface area contributed by atoms with Crippen LogP contribution in [0.1, 0.15) is 6.42 Å². The topological polar surface area (TPSA) is 66.6 Å². The predicted molar refractivity (Wildman–Crippen MR) is 54.9 cm³/mol. The van der Waals surface area contributed by atoms with Crippen LogP contribution < -0.4 is 5.73 Å². The van der Waals surface area contributed by atoms with E-state index in [1.54, 1.807) is 6.08 Å². The molecule has 0 aromatic heterocycles. The summed E-state index contributed by atoms with van der Waals surface area (Å²) < 4.78 is 36.7. The van der Waals surface area contributed by atoms with Crippen molar-refractivity contribution in [1.29, 1.82) is 0 Å². The highest BCUT2D eigenvalue weighted by Gasteiger charge is 2.35. The zero-order valence-electron chi connectivity index (χ0n) is 9.15. The molecule has 0 fully saturated rings. The number of nitrogens with zero attached hydrogens (tertiary/aromatic N) is 1. The summed E-state index contributed by atoms with van der Waals surface area (Å²) >= 11 is 0. The second-order valence-corrected chi connectivity index (χ2v) is 3.99. The fourth-order valence-corrected chi connectivity index (χ4v) is 1.75. The van der Waals surface area contributed by atoms with Gasteiger partial charge in [0.2, 0.25) is 5.91 Å². The van der Waals surface area contributed by atoms with Crippen LogP contribution >= 0.6 is 0 Å². The smallest absolute Gasteiger partial charge is 0.395 e. The number of nitrogens with two attached hydrogens (primary N) is 1. The van der Waals surface area contributed by atoms with Crippen LogP contribution in [0.2, 0.25) is 0 Å². The minimum Gasteiger partial charge on any atom is -0.395 e. The number of alkyl halides is 3. The maximum absolute atomic E-state index is 12.2. The Bertz CT molecular complexity index is 304. The maximum Gasteiger partial charge on any atom is 0.406 e. The first-order chi connectivity index (χ1) is 7.83. The van der Waals surface area contributed by atoms with Gasteiger partial charge in [0.1, 0.15) is 6.54 Å². The Hall–Kier alpha value is -1.08. The van der Waals surface area contributed by atoms with Crippen molar-refractivity contribution in [2.45, 2.75) is 18.6 Å². The molecular weight excluding hydrogens is 237 g/mol. The van der Waals surface area contributed by atoms with Gasteiger partial charge in [-0.15, -0.1) is 0 Å². The van der Waals surface area contributed by atoms with E-state index in [0.29, 0.717) is 11.3 Å². The molecule has 3 N–H and O–H groups in total. The van der Waals surface area contributed by atoms with Gasteiger partial charge < -0.3 is 15.7 Å². The molecule has 2 unspecified atom stereocenters. The third-order valence-corrected chi connectivity index (χ3v) is 2.49. The van der Waals surface area contributed by atoms with Crippen LogP contribution in [0.3, 0.4) is 0 Å². The Kier molecular flexibility index (Phi) is 4.53. The number of halogens is 3. The number of amides is 1. The zero-order chi connectivity index (χ0) is 13.1. The van der Waals surface area contributed by atoms with Crippen molar-refractivity contribution in [3.05, 3.63) is 12.2 Å². The first kappa shape index (κ1) is 14.0. The summed E-state index contributed by atoms with van der Waals surface area (Å²) in [5.74, 6) is -1.25. The molecule has 98 valence electrons. The van der Waals surface area contributed by atoms with Crippen molar-refractivity contribution in [1.82, 2.24) is 4.90 Å². The second-order valence-electron chi connectivity index (χ2n) is 3.99. The van der Waals surface area contributed by atoms with E-state index >= 15 is 0 Å². The van der Waals surface area contributed by atoms with Crippen LogP contribution in [0.5, 0.6) is 0 Å². The molecule has 0 saturated carbocycles. The molecule has 0 radical (unpaired) electrons. The van der Waals surface area contributed by atoms with E-state index in [9.17, 15) is 18.0 Å². The van der Waals surface area contributed by atoms with Crippen LogP contribution in [-0.2, 0) is 4.79 Å². The normalized spacial score (nSPS) is 24.1. The van der Waals surface area contributed by atoms with Crippen molar-refractivity contribution in [3.63, 3.8) is 0 Å². The Morgan fingerprint density at radius 3 is 2.53 bits per heavy atom. The molecule has 0 heterocycles. The molecular formula is C10H15F3N2O2. The molecule has 1 aliphatic carbocycles. The highest BCUT2D eigenvalue weighted by molar-refractivity contribution is 5.81. The van der Waals surface area contributed by atoms with E-state index in [4.69, 9.17) is 10.8 Å². The highest BCUT2D eigenvalue weighted by atomic mass is 19.4. The van der Waals surface area contributed by atoms with Crippen molar-refractivity contribution >= 4 is 5.91 Å². The van der Waals surface area contributed by atoms with E-state index in [2.05, 4.69) is 0 Å². The van der Waals surface area contributed by atoms with Crippen molar-refractivity contribution in [3.8, 4) is 0 Å². The molecule has 7 heteroatoms. The minimum atomic E-state index is -4.46. The molecule has 17 heavy (non-hydrogen) atoms. The van der Waals surface area contributed by atoms with Gasteiger partial charge in [-0.25, -0.2) is 0 Å². The van der Waals surface area contributed by atoms with Crippen molar-refractivity contribution < 1.29 is 23.1 Å². The third kappa shape index (κ3) is 4.35. The lowest BCUT2D eigenvalue weighted by Gasteiger charge is -2.25. The van der Waals surface area contributed by atoms with E-state index in [1.807, 2.05) is 0 Å². The molecule has 0 aliphatic heterocycles. The van der Waals surface area contributed by atoms with Gasteiger partial charge in [-0.05, 0) is 6.42 Å². The number of carbonyl (C=O) groups is 1. The molecule has 0 spiro atoms. The van der Waals surface area contributed by atoms with Gasteiger partial charge in [0.25, 0.3) is 0 Å². The highest BCUT2D eigenvalue weighted by Crippen LogP contribution is 2.22. The van der Waals surface area contributed by atoms with E-state index in [1.165, 1.54) is 6.08 Å². The standard InChI is InChI=1S/C10H15F3N2O2/c11-10(12,13)6-15(3-4-16)9(17)7-1-2-8(14)5-7/h1-2,7-8,16H,3-6,14H2. The maximum atomic E-state index is 12.2. The largest absolute Gasteiger partial charge is 0.406 e. The molecule has 1 rings (SSSR count). The Balaban J connectivity index is 2.64. The zero-order valence-corrected chi connectivity index (χ0v) is 9.15. The molecule has 0 saturated heterocycles. The van der Waals surface area contributed by atoms with Crippen molar-refractivity contribution in [2.75, 3.05) is 19.7 Å². The first-order valence-electron chi connectivity index (χ1n) is 5.24. The van der Waals surface area contributed by atoms with Gasteiger partial charge in [0, 0.05) is 12.6 Å². The summed E-state index contributed by atoms with van der Waals surface area (Å²) in [5.41, 5.74) is 5.54. The van der Waals surface area contributed by atoms with Gasteiger partial charge >= 0.3 is 6.18 Å². The fraction of sp³-hybridized carbons (Fsp3) is 0.700. The number of aliphatic hydroxyl groups is 1. The average Bonchev–Trinajstić information content (AvgIpc) is 2.61. The fourth-order valence-electron chi connectivity index (χ4n) is 1.75. The van der Waals surface area contributed by atoms with Crippen LogP contribution in [0, 0.1) is 5.92 Å². The lowest BCUT2D eigenvalue weighted by molar-refractivity contribution is -0.163. The monoisotopic (exact) mass is 252 g/mol. The molecule has 0 bridgehead atoms. The van der Waals surface area contributed by atoms with E-state index in [0.717, 1.165) is 0 Å². The Morgan fingerprint density at radius 1 is 1.47 bits per heavy atom. The summed E-state index contributed by atoms with van der Waals surface area (Å²) in [6.07, 6.45) is -1.02. The van der Waals surface area contributed by atoms with Gasteiger partial charge in [0.15, 0.2) is 0 Å². The number of hydrogen-bond acceptors (Lipinski definition) is 3. The lowest BCUT2D eigenvalue weighted by Crippen LogP contribution is -2.43. The second kappa shape index (κ2) is 5.50. The minimum absolute atomic E-state index is 0.286. The molecule has 1 aliphatic rings. The summed E-state index contributed by atoms with van der Waals surface area (Å²) in [5, 5.41) is 8.67. The number of carbonyl (C=O) groups excluding carboxylic acids is 1. The first-order valence-corrected chi connectivity index (χ1v) is 5.24. The predicted octanol–water partition coefficient (Wildman–Crippen LogP) is 0.273. The average molecular weight is 252 g/mol. The Morgan fingerprint density at radius 2 is 2.12 bits per heavy atom.